The molecule has 25 heavy (non-hydrogen) atoms. The van der Waals surface area contributed by atoms with Gasteiger partial charge in [-0.2, -0.15) is 5.10 Å². The first-order valence-corrected chi connectivity index (χ1v) is 8.82. The lowest BCUT2D eigenvalue weighted by molar-refractivity contribution is -0.119. The number of aryl methyl sites for hydroxylation is 2. The van der Waals surface area contributed by atoms with Crippen molar-refractivity contribution in [3.05, 3.63) is 65.2 Å². The first kappa shape index (κ1) is 18.7. The zero-order valence-corrected chi connectivity index (χ0v) is 15.3. The zero-order valence-electron chi connectivity index (χ0n) is 15.3. The van der Waals surface area contributed by atoms with Crippen molar-refractivity contribution in [2.75, 3.05) is 11.9 Å². The lowest BCUT2D eigenvalue weighted by Crippen LogP contribution is -2.27. The number of carbonyl (C=O) groups is 1. The van der Waals surface area contributed by atoms with Crippen LogP contribution in [0.1, 0.15) is 42.9 Å². The number of rotatable bonds is 8. The zero-order chi connectivity index (χ0) is 18.1. The Hall–Kier alpha value is -2.62. The molecule has 2 N–H and O–H groups in total. The Bertz CT molecular complexity index is 723. The molecule has 0 unspecified atom stereocenters. The van der Waals surface area contributed by atoms with E-state index in [1.807, 2.05) is 49.4 Å². The van der Waals surface area contributed by atoms with Gasteiger partial charge in [-0.15, -0.1) is 0 Å². The summed E-state index contributed by atoms with van der Waals surface area (Å²) in [5.74, 6) is -0.148. The molecule has 1 amide bonds. The molecule has 0 aliphatic rings. The molecular formula is C21H27N3O. The number of carbonyl (C=O) groups excluding carboxylic acids is 1. The summed E-state index contributed by atoms with van der Waals surface area (Å²) in [4.78, 5) is 12.1. The minimum Gasteiger partial charge on any atom is -0.376 e. The first-order valence-electron chi connectivity index (χ1n) is 8.82. The van der Waals surface area contributed by atoms with Gasteiger partial charge in [-0.25, -0.2) is 5.43 Å². The summed E-state index contributed by atoms with van der Waals surface area (Å²) < 4.78 is 0. The largest absolute Gasteiger partial charge is 0.376 e. The van der Waals surface area contributed by atoms with Crippen LogP contribution in [-0.4, -0.2) is 18.2 Å². The SMILES string of the molecule is CCCC/C(=N/NC(=O)CNc1ccc(C)cc1C)c1ccccc1. The maximum Gasteiger partial charge on any atom is 0.259 e. The maximum absolute atomic E-state index is 12.1. The van der Waals surface area contributed by atoms with Crippen molar-refractivity contribution in [2.45, 2.75) is 40.0 Å². The maximum atomic E-state index is 12.1. The lowest BCUT2D eigenvalue weighted by atomic mass is 10.1. The third kappa shape index (κ3) is 6.07. The monoisotopic (exact) mass is 337 g/mol. The summed E-state index contributed by atoms with van der Waals surface area (Å²) in [6, 6.07) is 16.1. The van der Waals surface area contributed by atoms with Crippen LogP contribution in [0.4, 0.5) is 5.69 Å². The predicted octanol–water partition coefficient (Wildman–Crippen LogP) is 4.43. The van der Waals surface area contributed by atoms with Gasteiger partial charge < -0.3 is 5.32 Å². The number of unbranched alkanes of at least 4 members (excludes halogenated alkanes) is 1. The summed E-state index contributed by atoms with van der Waals surface area (Å²) in [6.07, 6.45) is 2.99. The van der Waals surface area contributed by atoms with Gasteiger partial charge in [0.2, 0.25) is 0 Å². The molecule has 2 rings (SSSR count). The third-order valence-corrected chi connectivity index (χ3v) is 4.01. The van der Waals surface area contributed by atoms with Crippen LogP contribution in [0.3, 0.4) is 0 Å². The molecule has 0 aromatic heterocycles. The van der Waals surface area contributed by atoms with Gasteiger partial charge in [0.05, 0.1) is 12.3 Å². The highest BCUT2D eigenvalue weighted by Crippen LogP contribution is 2.15. The van der Waals surface area contributed by atoms with Crippen LogP contribution in [0, 0.1) is 13.8 Å². The molecule has 0 radical (unpaired) electrons. The molecule has 2 aromatic rings. The summed E-state index contributed by atoms with van der Waals surface area (Å²) in [6.45, 7) is 6.43. The highest BCUT2D eigenvalue weighted by Gasteiger charge is 2.06. The standard InChI is InChI=1S/C21H27N3O/c1-4-5-11-20(18-9-7-6-8-10-18)23-24-21(25)15-22-19-13-12-16(2)14-17(19)3/h6-10,12-14,22H,4-5,11,15H2,1-3H3,(H,24,25)/b23-20-. The molecule has 0 atom stereocenters. The van der Waals surface area contributed by atoms with Gasteiger partial charge in [-0.1, -0.05) is 61.4 Å². The Kier molecular flexibility index (Phi) is 7.20. The molecule has 0 saturated carbocycles. The summed E-state index contributed by atoms with van der Waals surface area (Å²) in [7, 11) is 0. The molecule has 0 heterocycles. The number of hydrogen-bond acceptors (Lipinski definition) is 3. The molecule has 4 heteroatoms. The Labute approximate surface area is 150 Å². The fourth-order valence-corrected chi connectivity index (χ4v) is 2.60. The van der Waals surface area contributed by atoms with Crippen molar-refractivity contribution in [1.29, 1.82) is 0 Å². The minimum absolute atomic E-state index is 0.148. The van der Waals surface area contributed by atoms with Gasteiger partial charge in [0, 0.05) is 5.69 Å². The van der Waals surface area contributed by atoms with Crippen molar-refractivity contribution in [3.8, 4) is 0 Å². The van der Waals surface area contributed by atoms with Gasteiger partial charge in [0.15, 0.2) is 0 Å². The van der Waals surface area contributed by atoms with E-state index in [0.29, 0.717) is 0 Å². The van der Waals surface area contributed by atoms with Crippen LogP contribution >= 0.6 is 0 Å². The number of amides is 1. The summed E-state index contributed by atoms with van der Waals surface area (Å²) in [5, 5.41) is 7.52. The van der Waals surface area contributed by atoms with E-state index in [1.165, 1.54) is 5.56 Å². The van der Waals surface area contributed by atoms with E-state index < -0.39 is 0 Å². The average Bonchev–Trinajstić information content (AvgIpc) is 2.62. The topological polar surface area (TPSA) is 53.5 Å². The van der Waals surface area contributed by atoms with Gasteiger partial charge in [0.1, 0.15) is 0 Å². The highest BCUT2D eigenvalue weighted by atomic mass is 16.2. The smallest absolute Gasteiger partial charge is 0.259 e. The number of hydrazone groups is 1. The van der Waals surface area contributed by atoms with Gasteiger partial charge >= 0.3 is 0 Å². The van der Waals surface area contributed by atoms with Gasteiger partial charge in [-0.3, -0.25) is 4.79 Å². The molecule has 132 valence electrons. The van der Waals surface area contributed by atoms with E-state index in [1.54, 1.807) is 0 Å². The second-order valence-corrected chi connectivity index (χ2v) is 6.23. The first-order chi connectivity index (χ1) is 12.1. The van der Waals surface area contributed by atoms with Crippen LogP contribution in [0.5, 0.6) is 0 Å². The Morgan fingerprint density at radius 3 is 2.52 bits per heavy atom. The van der Waals surface area contributed by atoms with Crippen LogP contribution in [0.15, 0.2) is 53.6 Å². The van der Waals surface area contributed by atoms with Gasteiger partial charge in [0.25, 0.3) is 5.91 Å². The van der Waals surface area contributed by atoms with E-state index in [2.05, 4.69) is 35.8 Å². The molecule has 0 aliphatic heterocycles. The fraction of sp³-hybridized carbons (Fsp3) is 0.333. The molecule has 0 saturated heterocycles. The normalized spacial score (nSPS) is 11.2. The number of benzene rings is 2. The quantitative estimate of drug-likeness (QED) is 0.553. The Balaban J connectivity index is 1.96. The summed E-state index contributed by atoms with van der Waals surface area (Å²) >= 11 is 0. The number of anilines is 1. The van der Waals surface area contributed by atoms with Crippen molar-refractivity contribution < 1.29 is 4.79 Å². The van der Waals surface area contributed by atoms with Crippen LogP contribution in [-0.2, 0) is 4.79 Å². The van der Waals surface area contributed by atoms with E-state index in [4.69, 9.17) is 0 Å². The highest BCUT2D eigenvalue weighted by molar-refractivity contribution is 6.01. The van der Waals surface area contributed by atoms with Crippen molar-refractivity contribution in [1.82, 2.24) is 5.43 Å². The fourth-order valence-electron chi connectivity index (χ4n) is 2.60. The molecule has 0 fully saturated rings. The predicted molar refractivity (Wildman–Crippen MR) is 105 cm³/mol. The molecule has 4 nitrogen and oxygen atoms in total. The average molecular weight is 337 g/mol. The van der Waals surface area contributed by atoms with Crippen molar-refractivity contribution in [3.63, 3.8) is 0 Å². The number of nitrogens with one attached hydrogen (secondary N) is 2. The molecule has 0 spiro atoms. The van der Waals surface area contributed by atoms with Crippen molar-refractivity contribution >= 4 is 17.3 Å². The van der Waals surface area contributed by atoms with Crippen LogP contribution in [0.25, 0.3) is 0 Å². The number of hydrogen-bond donors (Lipinski definition) is 2. The van der Waals surface area contributed by atoms with Crippen molar-refractivity contribution in [2.24, 2.45) is 5.10 Å². The van der Waals surface area contributed by atoms with Gasteiger partial charge in [-0.05, 0) is 43.9 Å². The Morgan fingerprint density at radius 1 is 1.08 bits per heavy atom. The molecule has 0 aliphatic carbocycles. The van der Waals surface area contributed by atoms with E-state index in [9.17, 15) is 4.79 Å². The summed E-state index contributed by atoms with van der Waals surface area (Å²) in [5.41, 5.74) is 7.96. The molecule has 0 bridgehead atoms. The lowest BCUT2D eigenvalue weighted by Gasteiger charge is -2.10. The third-order valence-electron chi connectivity index (χ3n) is 4.01. The minimum atomic E-state index is -0.148. The molecular weight excluding hydrogens is 310 g/mol. The molecule has 2 aromatic carbocycles. The van der Waals surface area contributed by atoms with Crippen LogP contribution < -0.4 is 10.7 Å². The van der Waals surface area contributed by atoms with E-state index >= 15 is 0 Å². The second kappa shape index (κ2) is 9.62. The second-order valence-electron chi connectivity index (χ2n) is 6.23. The van der Waals surface area contributed by atoms with E-state index in [-0.39, 0.29) is 12.5 Å². The number of nitrogens with zero attached hydrogens (tertiary/aromatic N) is 1. The Morgan fingerprint density at radius 2 is 1.84 bits per heavy atom. The van der Waals surface area contributed by atoms with E-state index in [0.717, 1.165) is 41.8 Å². The van der Waals surface area contributed by atoms with Crippen LogP contribution in [0.2, 0.25) is 0 Å².